The normalized spacial score (nSPS) is 26.2. The predicted molar refractivity (Wildman–Crippen MR) is 166 cm³/mol. The Morgan fingerprint density at radius 2 is 1.83 bits per heavy atom. The van der Waals surface area contributed by atoms with Gasteiger partial charge in [0.2, 0.25) is 0 Å². The zero-order valence-corrected chi connectivity index (χ0v) is 25.2. The first-order valence-electron chi connectivity index (χ1n) is 15.7. The van der Waals surface area contributed by atoms with Crippen LogP contribution in [0.5, 0.6) is 5.75 Å². The molecule has 1 unspecified atom stereocenters. The van der Waals surface area contributed by atoms with Gasteiger partial charge in [-0.3, -0.25) is 9.59 Å². The van der Waals surface area contributed by atoms with Gasteiger partial charge in [0.05, 0.1) is 6.10 Å². The maximum atomic E-state index is 14.3. The second-order valence-electron chi connectivity index (χ2n) is 13.4. The maximum Gasteiger partial charge on any atom is 0.308 e. The molecular formula is C36H44N2O4. The van der Waals surface area contributed by atoms with E-state index in [1.807, 2.05) is 59.5 Å². The predicted octanol–water partition coefficient (Wildman–Crippen LogP) is 6.06. The number of hydrogen-bond donors (Lipinski definition) is 1. The molecule has 1 aliphatic heterocycles. The number of ether oxygens (including phenoxy) is 1. The van der Waals surface area contributed by atoms with Crippen molar-refractivity contribution in [3.63, 3.8) is 0 Å². The van der Waals surface area contributed by atoms with Crippen LogP contribution in [0, 0.1) is 17.8 Å². The SMILES string of the molecule is CC(=O)Oc1cccc([C@@]23CCN(CC4CC4)C[C@H]2C(O)C[C@@H](N(CC(C)C)C(=O)c2ccc4ccccc4c2)C3)c1. The summed E-state index contributed by atoms with van der Waals surface area (Å²) in [5, 5.41) is 14.1. The number of amides is 1. The Labute approximate surface area is 249 Å². The van der Waals surface area contributed by atoms with Crippen LogP contribution in [-0.2, 0) is 10.2 Å². The molecule has 3 fully saturated rings. The summed E-state index contributed by atoms with van der Waals surface area (Å²) >= 11 is 0. The zero-order chi connectivity index (χ0) is 29.4. The van der Waals surface area contributed by atoms with Crippen molar-refractivity contribution >= 4 is 22.6 Å². The number of benzene rings is 3. The van der Waals surface area contributed by atoms with Crippen molar-refractivity contribution in [2.75, 3.05) is 26.2 Å². The topological polar surface area (TPSA) is 70.1 Å². The summed E-state index contributed by atoms with van der Waals surface area (Å²) in [6.45, 7) is 9.28. The number of rotatable bonds is 8. The summed E-state index contributed by atoms with van der Waals surface area (Å²) < 4.78 is 5.51. The highest BCUT2D eigenvalue weighted by molar-refractivity contribution is 5.98. The molecule has 6 nitrogen and oxygen atoms in total. The third-order valence-corrected chi connectivity index (χ3v) is 9.76. The fourth-order valence-electron chi connectivity index (χ4n) is 7.64. The Kier molecular flexibility index (Phi) is 8.12. The van der Waals surface area contributed by atoms with Crippen molar-refractivity contribution in [2.45, 2.75) is 70.4 Å². The Morgan fingerprint density at radius 1 is 1.05 bits per heavy atom. The van der Waals surface area contributed by atoms with Crippen molar-refractivity contribution < 1.29 is 19.4 Å². The summed E-state index contributed by atoms with van der Waals surface area (Å²) in [6.07, 6.45) is 4.33. The number of likely N-dealkylation sites (tertiary alicyclic amines) is 1. The van der Waals surface area contributed by atoms with E-state index in [4.69, 9.17) is 4.74 Å². The number of piperidine rings is 1. The molecule has 6 rings (SSSR count). The highest BCUT2D eigenvalue weighted by Gasteiger charge is 2.53. The van der Waals surface area contributed by atoms with E-state index in [0.717, 1.165) is 54.7 Å². The third kappa shape index (κ3) is 5.97. The van der Waals surface area contributed by atoms with E-state index in [9.17, 15) is 14.7 Å². The average molecular weight is 569 g/mol. The van der Waals surface area contributed by atoms with Crippen LogP contribution >= 0.6 is 0 Å². The highest BCUT2D eigenvalue weighted by Crippen LogP contribution is 2.51. The summed E-state index contributed by atoms with van der Waals surface area (Å²) in [5.74, 6) is 1.35. The first-order chi connectivity index (χ1) is 20.2. The molecule has 0 aromatic heterocycles. The summed E-state index contributed by atoms with van der Waals surface area (Å²) in [7, 11) is 0. The minimum atomic E-state index is -0.540. The molecule has 6 heteroatoms. The second kappa shape index (κ2) is 11.8. The van der Waals surface area contributed by atoms with Crippen LogP contribution in [0.4, 0.5) is 0 Å². The standard InChI is InChI=1S/C36H44N2O4/c1-24(2)21-38(35(41)29-14-13-27-7-4-5-8-28(27)17-29)31-19-34(40)33-23-37(22-26-11-12-26)16-15-36(33,20-31)30-9-6-10-32(18-30)42-25(3)39/h4-10,13-14,17-18,24,26,31,33-34,40H,11-12,15-16,19-23H2,1-3H3/t31-,33+,34?,36+/m1/s1. The third-order valence-electron chi connectivity index (χ3n) is 9.76. The van der Waals surface area contributed by atoms with E-state index >= 15 is 0 Å². The van der Waals surface area contributed by atoms with Gasteiger partial charge in [-0.1, -0.05) is 56.3 Å². The van der Waals surface area contributed by atoms with E-state index < -0.39 is 6.10 Å². The van der Waals surface area contributed by atoms with E-state index in [2.05, 4.69) is 30.9 Å². The molecule has 1 N–H and O–H groups in total. The number of fused-ring (bicyclic) bond motifs is 2. The molecule has 2 aliphatic carbocycles. The molecule has 3 aromatic carbocycles. The number of carbonyl (C=O) groups excluding carboxylic acids is 2. The van der Waals surface area contributed by atoms with Crippen LogP contribution < -0.4 is 4.74 Å². The van der Waals surface area contributed by atoms with Gasteiger partial charge in [-0.2, -0.15) is 0 Å². The minimum Gasteiger partial charge on any atom is -0.427 e. The zero-order valence-electron chi connectivity index (χ0n) is 25.2. The van der Waals surface area contributed by atoms with E-state index in [-0.39, 0.29) is 35.2 Å². The lowest BCUT2D eigenvalue weighted by Gasteiger charge is -2.56. The lowest BCUT2D eigenvalue weighted by Crippen LogP contribution is -2.61. The van der Waals surface area contributed by atoms with Gasteiger partial charge in [0.25, 0.3) is 5.91 Å². The van der Waals surface area contributed by atoms with E-state index in [0.29, 0.717) is 24.3 Å². The molecule has 1 amide bonds. The summed E-state index contributed by atoms with van der Waals surface area (Å²) in [6, 6.07) is 21.9. The number of aliphatic hydroxyl groups excluding tert-OH is 1. The number of carbonyl (C=O) groups is 2. The minimum absolute atomic E-state index is 0.0279. The fourth-order valence-corrected chi connectivity index (χ4v) is 7.64. The lowest BCUT2D eigenvalue weighted by molar-refractivity contribution is -0.131. The van der Waals surface area contributed by atoms with Gasteiger partial charge in [0, 0.05) is 49.5 Å². The first kappa shape index (κ1) is 28.9. The molecule has 1 saturated heterocycles. The Bertz CT molecular complexity index is 1450. The largest absolute Gasteiger partial charge is 0.427 e. The van der Waals surface area contributed by atoms with Gasteiger partial charge in [0.15, 0.2) is 0 Å². The van der Waals surface area contributed by atoms with Crippen LogP contribution in [0.3, 0.4) is 0 Å². The Morgan fingerprint density at radius 3 is 2.57 bits per heavy atom. The van der Waals surface area contributed by atoms with Crippen LogP contribution in [0.25, 0.3) is 10.8 Å². The van der Waals surface area contributed by atoms with Crippen molar-refractivity contribution in [1.82, 2.24) is 9.80 Å². The van der Waals surface area contributed by atoms with E-state index in [1.54, 1.807) is 0 Å². The molecule has 0 bridgehead atoms. The average Bonchev–Trinajstić information content (AvgIpc) is 3.79. The molecule has 4 atom stereocenters. The van der Waals surface area contributed by atoms with Crippen LogP contribution in [0.2, 0.25) is 0 Å². The van der Waals surface area contributed by atoms with Crippen molar-refractivity contribution in [1.29, 1.82) is 0 Å². The lowest BCUT2D eigenvalue weighted by atomic mass is 9.56. The summed E-state index contributed by atoms with van der Waals surface area (Å²) in [5.41, 5.74) is 1.47. The van der Waals surface area contributed by atoms with Gasteiger partial charge in [0.1, 0.15) is 5.75 Å². The van der Waals surface area contributed by atoms with Crippen molar-refractivity contribution in [3.05, 3.63) is 77.9 Å². The molecule has 0 radical (unpaired) electrons. The van der Waals surface area contributed by atoms with Gasteiger partial charge < -0.3 is 19.6 Å². The molecular weight excluding hydrogens is 524 g/mol. The van der Waals surface area contributed by atoms with Gasteiger partial charge in [-0.05, 0) is 91.1 Å². The van der Waals surface area contributed by atoms with Crippen LogP contribution in [0.1, 0.15) is 68.8 Å². The maximum absolute atomic E-state index is 14.3. The Hall–Kier alpha value is -3.22. The molecule has 3 aromatic rings. The monoisotopic (exact) mass is 568 g/mol. The molecule has 1 heterocycles. The van der Waals surface area contributed by atoms with Crippen molar-refractivity contribution in [2.24, 2.45) is 17.8 Å². The fraction of sp³-hybridized carbons (Fsp3) is 0.500. The van der Waals surface area contributed by atoms with Gasteiger partial charge >= 0.3 is 5.97 Å². The van der Waals surface area contributed by atoms with E-state index in [1.165, 1.54) is 19.8 Å². The highest BCUT2D eigenvalue weighted by atomic mass is 16.5. The molecule has 2 saturated carbocycles. The van der Waals surface area contributed by atoms with Crippen LogP contribution in [0.15, 0.2) is 66.7 Å². The van der Waals surface area contributed by atoms with Crippen molar-refractivity contribution in [3.8, 4) is 5.75 Å². The molecule has 42 heavy (non-hydrogen) atoms. The second-order valence-corrected chi connectivity index (χ2v) is 13.4. The molecule has 222 valence electrons. The van der Waals surface area contributed by atoms with Gasteiger partial charge in [-0.25, -0.2) is 0 Å². The number of aliphatic hydroxyl groups is 1. The molecule has 0 spiro atoms. The molecule has 3 aliphatic rings. The first-order valence-corrected chi connectivity index (χ1v) is 15.7. The van der Waals surface area contributed by atoms with Gasteiger partial charge in [-0.15, -0.1) is 0 Å². The number of esters is 1. The number of hydrogen-bond acceptors (Lipinski definition) is 5. The Balaban J connectivity index is 1.36. The van der Waals surface area contributed by atoms with Crippen LogP contribution in [-0.4, -0.2) is 65.1 Å². The quantitative estimate of drug-likeness (QED) is 0.264. The summed E-state index contributed by atoms with van der Waals surface area (Å²) in [4.78, 5) is 30.7. The number of nitrogens with zero attached hydrogens (tertiary/aromatic N) is 2. The smallest absolute Gasteiger partial charge is 0.308 e.